The maximum Gasteiger partial charge on any atom is 0.174 e. The van der Waals surface area contributed by atoms with Gasteiger partial charge in [-0.05, 0) is 56.3 Å². The number of halogens is 1. The van der Waals surface area contributed by atoms with Gasteiger partial charge in [0.05, 0.1) is 17.9 Å². The van der Waals surface area contributed by atoms with E-state index in [2.05, 4.69) is 4.57 Å². The summed E-state index contributed by atoms with van der Waals surface area (Å²) in [6.07, 6.45) is 0. The molecule has 26 heavy (non-hydrogen) atoms. The first kappa shape index (κ1) is 18.6. The van der Waals surface area contributed by atoms with Crippen molar-refractivity contribution in [3.8, 4) is 11.4 Å². The molecule has 1 heterocycles. The molecule has 1 aromatic heterocycles. The van der Waals surface area contributed by atoms with Crippen LogP contribution >= 0.6 is 23.4 Å². The second-order valence-corrected chi connectivity index (χ2v) is 7.38. The highest BCUT2D eigenvalue weighted by Crippen LogP contribution is 2.29. The van der Waals surface area contributed by atoms with Gasteiger partial charge in [-0.3, -0.25) is 4.79 Å². The van der Waals surface area contributed by atoms with Crippen LogP contribution in [0, 0.1) is 13.8 Å². The lowest BCUT2D eigenvalue weighted by Crippen LogP contribution is -2.05. The van der Waals surface area contributed by atoms with Gasteiger partial charge in [0.15, 0.2) is 5.78 Å². The molecule has 0 aliphatic rings. The summed E-state index contributed by atoms with van der Waals surface area (Å²) < 4.78 is 7.31. The van der Waals surface area contributed by atoms with Gasteiger partial charge < -0.3 is 9.30 Å². The molecule has 0 saturated carbocycles. The summed E-state index contributed by atoms with van der Waals surface area (Å²) >= 11 is 7.64. The van der Waals surface area contributed by atoms with E-state index >= 15 is 0 Å². The minimum Gasteiger partial charge on any atom is -0.497 e. The zero-order chi connectivity index (χ0) is 18.7. The van der Waals surface area contributed by atoms with Crippen molar-refractivity contribution < 1.29 is 9.53 Å². The highest BCUT2D eigenvalue weighted by Gasteiger charge is 2.17. The van der Waals surface area contributed by atoms with Gasteiger partial charge in [0.25, 0.3) is 0 Å². The molecular weight excluding hydrogens is 366 g/mol. The van der Waals surface area contributed by atoms with Crippen molar-refractivity contribution in [3.63, 3.8) is 0 Å². The van der Waals surface area contributed by atoms with E-state index < -0.39 is 0 Å². The Kier molecular flexibility index (Phi) is 5.74. The average molecular weight is 386 g/mol. The van der Waals surface area contributed by atoms with E-state index in [1.807, 2.05) is 68.4 Å². The molecule has 0 radical (unpaired) electrons. The van der Waals surface area contributed by atoms with Crippen molar-refractivity contribution >= 4 is 29.1 Å². The van der Waals surface area contributed by atoms with Gasteiger partial charge in [-0.2, -0.15) is 0 Å². The average Bonchev–Trinajstić information content (AvgIpc) is 2.95. The number of ketones is 1. The summed E-state index contributed by atoms with van der Waals surface area (Å²) in [7, 11) is 1.65. The maximum atomic E-state index is 12.8. The Morgan fingerprint density at radius 2 is 1.81 bits per heavy atom. The number of aromatic nitrogens is 1. The predicted octanol–water partition coefficient (Wildman–Crippen LogP) is 5.73. The van der Waals surface area contributed by atoms with Crippen LogP contribution < -0.4 is 4.74 Å². The fourth-order valence-electron chi connectivity index (χ4n) is 2.96. The Morgan fingerprint density at radius 1 is 1.12 bits per heavy atom. The summed E-state index contributed by atoms with van der Waals surface area (Å²) in [6.45, 7) is 3.99. The number of ether oxygens (including phenoxy) is 1. The molecule has 0 aliphatic carbocycles. The third-order valence-corrected chi connectivity index (χ3v) is 5.77. The minimum absolute atomic E-state index is 0.0998. The molecule has 134 valence electrons. The third kappa shape index (κ3) is 3.81. The highest BCUT2D eigenvalue weighted by molar-refractivity contribution is 8.00. The normalized spacial score (nSPS) is 10.8. The molecule has 3 nitrogen and oxygen atoms in total. The fourth-order valence-corrected chi connectivity index (χ4v) is 4.08. The first-order valence-corrected chi connectivity index (χ1v) is 9.61. The molecule has 3 aromatic rings. The molecule has 2 aromatic carbocycles. The van der Waals surface area contributed by atoms with Crippen LogP contribution in [0.1, 0.15) is 21.7 Å². The molecule has 0 atom stereocenters. The lowest BCUT2D eigenvalue weighted by atomic mass is 10.2. The van der Waals surface area contributed by atoms with Gasteiger partial charge in [-0.15, -0.1) is 11.8 Å². The van der Waals surface area contributed by atoms with E-state index in [0.717, 1.165) is 33.3 Å². The maximum absolute atomic E-state index is 12.8. The van der Waals surface area contributed by atoms with Crippen molar-refractivity contribution in [2.45, 2.75) is 18.7 Å². The predicted molar refractivity (Wildman–Crippen MR) is 108 cm³/mol. The van der Waals surface area contributed by atoms with Crippen LogP contribution in [0.15, 0.2) is 59.5 Å². The topological polar surface area (TPSA) is 31.2 Å². The summed E-state index contributed by atoms with van der Waals surface area (Å²) in [5.74, 6) is 1.27. The molecule has 0 N–H and O–H groups in total. The quantitative estimate of drug-likeness (QED) is 0.401. The van der Waals surface area contributed by atoms with Crippen molar-refractivity contribution in [2.75, 3.05) is 12.9 Å². The standard InChI is InChI=1S/C21H20ClNO2S/c1-14-12-18(20(24)13-26-21-7-5-4-6-19(21)22)15(2)23(14)16-8-10-17(25-3)11-9-16/h4-12H,13H2,1-3H3. The second-order valence-electron chi connectivity index (χ2n) is 5.96. The van der Waals surface area contributed by atoms with Gasteiger partial charge in [-0.25, -0.2) is 0 Å². The molecule has 0 unspecified atom stereocenters. The number of carbonyl (C=O) groups is 1. The lowest BCUT2D eigenvalue weighted by molar-refractivity contribution is 0.102. The number of rotatable bonds is 6. The number of carbonyl (C=O) groups excluding carboxylic acids is 1. The van der Waals surface area contributed by atoms with Crippen LogP contribution in [-0.2, 0) is 0 Å². The first-order chi connectivity index (χ1) is 12.5. The van der Waals surface area contributed by atoms with Crippen molar-refractivity contribution in [1.29, 1.82) is 0 Å². The SMILES string of the molecule is COc1ccc(-n2c(C)cc(C(=O)CSc3ccccc3Cl)c2C)cc1. The van der Waals surface area contributed by atoms with Crippen LogP contribution in [0.3, 0.4) is 0 Å². The molecular formula is C21H20ClNO2S. The van der Waals surface area contributed by atoms with Crippen LogP contribution in [0.4, 0.5) is 0 Å². The fraction of sp³-hybridized carbons (Fsp3) is 0.190. The Balaban J connectivity index is 1.82. The number of hydrogen-bond donors (Lipinski definition) is 0. The zero-order valence-electron chi connectivity index (χ0n) is 15.0. The number of hydrogen-bond acceptors (Lipinski definition) is 3. The number of aryl methyl sites for hydroxylation is 1. The van der Waals surface area contributed by atoms with Crippen molar-refractivity contribution in [3.05, 3.63) is 76.6 Å². The van der Waals surface area contributed by atoms with Crippen molar-refractivity contribution in [2.24, 2.45) is 0 Å². The van der Waals surface area contributed by atoms with E-state index in [-0.39, 0.29) is 5.78 Å². The van der Waals surface area contributed by atoms with Crippen LogP contribution in [-0.4, -0.2) is 23.2 Å². The Hall–Kier alpha value is -2.17. The van der Waals surface area contributed by atoms with Gasteiger partial charge in [0.2, 0.25) is 0 Å². The molecule has 0 saturated heterocycles. The van der Waals surface area contributed by atoms with E-state index in [4.69, 9.17) is 16.3 Å². The summed E-state index contributed by atoms with van der Waals surface area (Å²) in [4.78, 5) is 13.7. The Labute approximate surface area is 162 Å². The zero-order valence-corrected chi connectivity index (χ0v) is 16.5. The lowest BCUT2D eigenvalue weighted by Gasteiger charge is -2.10. The number of Topliss-reactive ketones (excluding diaryl/α,β-unsaturated/α-hetero) is 1. The van der Waals surface area contributed by atoms with E-state index in [1.165, 1.54) is 11.8 Å². The van der Waals surface area contributed by atoms with Crippen LogP contribution in [0.25, 0.3) is 5.69 Å². The molecule has 0 amide bonds. The number of benzene rings is 2. The first-order valence-electron chi connectivity index (χ1n) is 8.25. The molecule has 0 spiro atoms. The summed E-state index contributed by atoms with van der Waals surface area (Å²) in [5.41, 5.74) is 3.73. The summed E-state index contributed by atoms with van der Waals surface area (Å²) in [6, 6.07) is 17.4. The third-order valence-electron chi connectivity index (χ3n) is 4.26. The van der Waals surface area contributed by atoms with Gasteiger partial charge >= 0.3 is 0 Å². The van der Waals surface area contributed by atoms with Gasteiger partial charge in [0, 0.05) is 27.5 Å². The van der Waals surface area contributed by atoms with Crippen LogP contribution in [0.5, 0.6) is 5.75 Å². The second kappa shape index (κ2) is 8.02. The van der Waals surface area contributed by atoms with E-state index in [0.29, 0.717) is 10.8 Å². The molecule has 5 heteroatoms. The van der Waals surface area contributed by atoms with Gasteiger partial charge in [-0.1, -0.05) is 23.7 Å². The Morgan fingerprint density at radius 3 is 2.46 bits per heavy atom. The number of thioether (sulfide) groups is 1. The van der Waals surface area contributed by atoms with Crippen molar-refractivity contribution in [1.82, 2.24) is 4.57 Å². The molecule has 0 aliphatic heterocycles. The van der Waals surface area contributed by atoms with Crippen LogP contribution in [0.2, 0.25) is 5.02 Å². The largest absolute Gasteiger partial charge is 0.497 e. The highest BCUT2D eigenvalue weighted by atomic mass is 35.5. The van der Waals surface area contributed by atoms with E-state index in [1.54, 1.807) is 7.11 Å². The molecule has 0 bridgehead atoms. The molecule has 0 fully saturated rings. The minimum atomic E-state index is 0.0998. The van der Waals surface area contributed by atoms with Gasteiger partial charge in [0.1, 0.15) is 5.75 Å². The Bertz CT molecular complexity index is 932. The van der Waals surface area contributed by atoms with E-state index in [9.17, 15) is 4.79 Å². The number of nitrogens with zero attached hydrogens (tertiary/aromatic N) is 1. The monoisotopic (exact) mass is 385 g/mol. The number of methoxy groups -OCH3 is 1. The molecule has 3 rings (SSSR count). The summed E-state index contributed by atoms with van der Waals surface area (Å²) in [5, 5.41) is 0.675. The smallest absolute Gasteiger partial charge is 0.174 e.